The molecule has 2 heterocycles. The standard InChI is InChI=1S/C16H13F3N2O2/c1-23-14-8-11(16(17,18)19)3-4-13(14)21-12-6-7-20-9-10(12)2-5-15(21)22/h2-5,8-9H,6-7H2,1H3. The maximum Gasteiger partial charge on any atom is 0.416 e. The summed E-state index contributed by atoms with van der Waals surface area (Å²) in [6.45, 7) is 0.527. The van der Waals surface area contributed by atoms with E-state index >= 15 is 0 Å². The summed E-state index contributed by atoms with van der Waals surface area (Å²) < 4.78 is 45.0. The maximum atomic E-state index is 12.8. The van der Waals surface area contributed by atoms with Crippen molar-refractivity contribution in [3.05, 3.63) is 57.5 Å². The van der Waals surface area contributed by atoms with Crippen LogP contribution in [-0.2, 0) is 12.6 Å². The molecule has 1 aliphatic heterocycles. The molecule has 3 rings (SSSR count). The van der Waals surface area contributed by atoms with E-state index in [4.69, 9.17) is 4.74 Å². The Labute approximate surface area is 129 Å². The normalized spacial score (nSPS) is 13.7. The minimum Gasteiger partial charge on any atom is -0.495 e. The lowest BCUT2D eigenvalue weighted by atomic mass is 10.1. The predicted molar refractivity (Wildman–Crippen MR) is 79.8 cm³/mol. The van der Waals surface area contributed by atoms with E-state index in [1.807, 2.05) is 0 Å². The number of rotatable bonds is 2. The molecular formula is C16H13F3N2O2. The fourth-order valence-electron chi connectivity index (χ4n) is 2.60. The zero-order valence-corrected chi connectivity index (χ0v) is 12.2. The third-order valence-corrected chi connectivity index (χ3v) is 3.69. The van der Waals surface area contributed by atoms with Crippen LogP contribution in [0, 0.1) is 0 Å². The van der Waals surface area contributed by atoms with Gasteiger partial charge in [0.05, 0.1) is 18.4 Å². The van der Waals surface area contributed by atoms with Crippen LogP contribution in [-0.4, -0.2) is 24.4 Å². The van der Waals surface area contributed by atoms with Crippen molar-refractivity contribution in [3.8, 4) is 11.4 Å². The summed E-state index contributed by atoms with van der Waals surface area (Å²) in [4.78, 5) is 16.4. The van der Waals surface area contributed by atoms with E-state index in [9.17, 15) is 18.0 Å². The average molecular weight is 322 g/mol. The number of alkyl halides is 3. The van der Waals surface area contributed by atoms with Crippen molar-refractivity contribution in [2.45, 2.75) is 12.6 Å². The van der Waals surface area contributed by atoms with E-state index < -0.39 is 11.7 Å². The summed E-state index contributed by atoms with van der Waals surface area (Å²) in [6, 6.07) is 6.13. The second-order valence-corrected chi connectivity index (χ2v) is 5.08. The van der Waals surface area contributed by atoms with Gasteiger partial charge in [0.1, 0.15) is 5.75 Å². The molecule has 23 heavy (non-hydrogen) atoms. The van der Waals surface area contributed by atoms with Gasteiger partial charge in [0.25, 0.3) is 5.56 Å². The number of hydrogen-bond acceptors (Lipinski definition) is 3. The van der Waals surface area contributed by atoms with Gasteiger partial charge in [-0.3, -0.25) is 14.4 Å². The molecule has 1 aromatic carbocycles. The van der Waals surface area contributed by atoms with Gasteiger partial charge in [-0.05, 0) is 24.3 Å². The molecule has 0 unspecified atom stereocenters. The number of methoxy groups -OCH3 is 1. The van der Waals surface area contributed by atoms with Gasteiger partial charge in [0, 0.05) is 36.5 Å². The van der Waals surface area contributed by atoms with Crippen LogP contribution in [0.2, 0.25) is 0 Å². The summed E-state index contributed by atoms with van der Waals surface area (Å²) in [5.74, 6) is -0.00200. The van der Waals surface area contributed by atoms with E-state index in [-0.39, 0.29) is 17.0 Å². The molecular weight excluding hydrogens is 309 g/mol. The van der Waals surface area contributed by atoms with Crippen LogP contribution in [0.3, 0.4) is 0 Å². The monoisotopic (exact) mass is 322 g/mol. The number of nitrogens with zero attached hydrogens (tertiary/aromatic N) is 2. The number of hydrogen-bond donors (Lipinski definition) is 0. The van der Waals surface area contributed by atoms with Crippen LogP contribution in [0.1, 0.15) is 16.8 Å². The molecule has 0 N–H and O–H groups in total. The van der Waals surface area contributed by atoms with Gasteiger partial charge in [-0.1, -0.05) is 0 Å². The van der Waals surface area contributed by atoms with Crippen molar-refractivity contribution in [2.24, 2.45) is 4.99 Å². The molecule has 0 spiro atoms. The Kier molecular flexibility index (Phi) is 3.71. The van der Waals surface area contributed by atoms with Gasteiger partial charge in [0.2, 0.25) is 0 Å². The summed E-state index contributed by atoms with van der Waals surface area (Å²) in [5.41, 5.74) is 0.635. The Morgan fingerprint density at radius 3 is 2.70 bits per heavy atom. The molecule has 4 nitrogen and oxygen atoms in total. The summed E-state index contributed by atoms with van der Waals surface area (Å²) in [6.07, 6.45) is -2.28. The molecule has 0 amide bonds. The van der Waals surface area contributed by atoms with Crippen molar-refractivity contribution in [2.75, 3.05) is 13.7 Å². The maximum absolute atomic E-state index is 12.8. The number of halogens is 3. The Morgan fingerprint density at radius 2 is 2.00 bits per heavy atom. The molecule has 2 aromatic rings. The van der Waals surface area contributed by atoms with Crippen molar-refractivity contribution >= 4 is 6.21 Å². The molecule has 0 saturated carbocycles. The minimum absolute atomic E-state index is 0.00200. The molecule has 0 aliphatic carbocycles. The molecule has 7 heteroatoms. The minimum atomic E-state index is -4.47. The van der Waals surface area contributed by atoms with Gasteiger partial charge in [-0.25, -0.2) is 0 Å². The fraction of sp³-hybridized carbons (Fsp3) is 0.250. The molecule has 0 fully saturated rings. The van der Waals surface area contributed by atoms with Crippen LogP contribution in [0.4, 0.5) is 13.2 Å². The SMILES string of the molecule is COc1cc(C(F)(F)F)ccc1-n1c2c(ccc1=O)C=NCC2. The highest BCUT2D eigenvalue weighted by Gasteiger charge is 2.31. The van der Waals surface area contributed by atoms with Crippen LogP contribution in [0.25, 0.3) is 5.69 Å². The van der Waals surface area contributed by atoms with Crippen LogP contribution in [0.15, 0.2) is 40.1 Å². The smallest absolute Gasteiger partial charge is 0.416 e. The Balaban J connectivity index is 2.24. The molecule has 1 aliphatic rings. The number of benzene rings is 1. The van der Waals surface area contributed by atoms with Crippen LogP contribution in [0.5, 0.6) is 5.75 Å². The van der Waals surface area contributed by atoms with E-state index in [1.165, 1.54) is 23.8 Å². The molecule has 0 saturated heterocycles. The third kappa shape index (κ3) is 2.74. The number of aliphatic imine (C=N–C) groups is 1. The molecule has 0 radical (unpaired) electrons. The van der Waals surface area contributed by atoms with Crippen LogP contribution < -0.4 is 10.3 Å². The molecule has 0 atom stereocenters. The van der Waals surface area contributed by atoms with E-state index in [2.05, 4.69) is 4.99 Å². The first kappa shape index (κ1) is 15.3. The quantitative estimate of drug-likeness (QED) is 0.853. The fourth-order valence-corrected chi connectivity index (χ4v) is 2.60. The molecule has 0 bridgehead atoms. The van der Waals surface area contributed by atoms with Crippen LogP contribution >= 0.6 is 0 Å². The zero-order valence-electron chi connectivity index (χ0n) is 12.2. The number of fused-ring (bicyclic) bond motifs is 1. The lowest BCUT2D eigenvalue weighted by molar-refractivity contribution is -0.137. The van der Waals surface area contributed by atoms with Gasteiger partial charge >= 0.3 is 6.18 Å². The van der Waals surface area contributed by atoms with Gasteiger partial charge in [-0.15, -0.1) is 0 Å². The molecule has 120 valence electrons. The van der Waals surface area contributed by atoms with Crippen molar-refractivity contribution in [1.29, 1.82) is 0 Å². The van der Waals surface area contributed by atoms with Gasteiger partial charge in [-0.2, -0.15) is 13.2 Å². The summed E-state index contributed by atoms with van der Waals surface area (Å²) in [5, 5.41) is 0. The Morgan fingerprint density at radius 1 is 1.22 bits per heavy atom. The van der Waals surface area contributed by atoms with Crippen molar-refractivity contribution < 1.29 is 17.9 Å². The summed E-state index contributed by atoms with van der Waals surface area (Å²) >= 11 is 0. The van der Waals surface area contributed by atoms with E-state index in [0.29, 0.717) is 18.7 Å². The Bertz CT molecular complexity index is 838. The van der Waals surface area contributed by atoms with Crippen molar-refractivity contribution in [1.82, 2.24) is 4.57 Å². The highest BCUT2D eigenvalue weighted by molar-refractivity contribution is 5.82. The lowest BCUT2D eigenvalue weighted by Gasteiger charge is -2.20. The van der Waals surface area contributed by atoms with Gasteiger partial charge < -0.3 is 4.74 Å². The highest BCUT2D eigenvalue weighted by Crippen LogP contribution is 2.34. The lowest BCUT2D eigenvalue weighted by Crippen LogP contribution is -2.25. The number of aromatic nitrogens is 1. The predicted octanol–water partition coefficient (Wildman–Crippen LogP) is 2.84. The highest BCUT2D eigenvalue weighted by atomic mass is 19.4. The second-order valence-electron chi connectivity index (χ2n) is 5.08. The average Bonchev–Trinajstić information content (AvgIpc) is 2.53. The largest absolute Gasteiger partial charge is 0.495 e. The van der Waals surface area contributed by atoms with Gasteiger partial charge in [0.15, 0.2) is 0 Å². The molecule has 1 aromatic heterocycles. The zero-order chi connectivity index (χ0) is 16.6. The first-order valence-electron chi connectivity index (χ1n) is 6.92. The first-order chi connectivity index (χ1) is 10.9. The number of pyridine rings is 1. The first-order valence-corrected chi connectivity index (χ1v) is 6.92. The summed E-state index contributed by atoms with van der Waals surface area (Å²) in [7, 11) is 1.28. The Hall–Kier alpha value is -2.57. The van der Waals surface area contributed by atoms with E-state index in [0.717, 1.165) is 17.7 Å². The third-order valence-electron chi connectivity index (χ3n) is 3.69. The number of ether oxygens (including phenoxy) is 1. The van der Waals surface area contributed by atoms with Crippen molar-refractivity contribution in [3.63, 3.8) is 0 Å². The van der Waals surface area contributed by atoms with E-state index in [1.54, 1.807) is 12.3 Å². The second kappa shape index (κ2) is 5.57. The topological polar surface area (TPSA) is 43.6 Å².